The van der Waals surface area contributed by atoms with Gasteiger partial charge < -0.3 is 5.32 Å². The van der Waals surface area contributed by atoms with Gasteiger partial charge in [0.05, 0.1) is 5.69 Å². The Morgan fingerprint density at radius 2 is 1.85 bits per heavy atom. The minimum absolute atomic E-state index is 0.104. The van der Waals surface area contributed by atoms with Crippen LogP contribution in [0.1, 0.15) is 45.5 Å². The van der Waals surface area contributed by atoms with Gasteiger partial charge in [0, 0.05) is 12.7 Å². The smallest absolute Gasteiger partial charge is 0.269 e. The third-order valence-electron chi connectivity index (χ3n) is 5.65. The molecule has 8 nitrogen and oxygen atoms in total. The molecule has 1 unspecified atom stereocenters. The van der Waals surface area contributed by atoms with Crippen LogP contribution < -0.4 is 10.2 Å². The van der Waals surface area contributed by atoms with Gasteiger partial charge in [-0.25, -0.2) is 18.4 Å². The van der Waals surface area contributed by atoms with Crippen LogP contribution in [0, 0.1) is 6.92 Å². The van der Waals surface area contributed by atoms with Crippen molar-refractivity contribution in [1.82, 2.24) is 15.3 Å². The second kappa shape index (κ2) is 10.1. The molecule has 2 amide bonds. The van der Waals surface area contributed by atoms with E-state index in [1.54, 1.807) is 25.1 Å². The van der Waals surface area contributed by atoms with Crippen molar-refractivity contribution >= 4 is 27.5 Å². The fraction of sp³-hybridized carbons (Fsp3) is 0.280. The molecule has 0 aliphatic carbocycles. The fourth-order valence-electron chi connectivity index (χ4n) is 3.99. The first-order valence-corrected chi connectivity index (χ1v) is 12.8. The number of nitrogens with zero attached hydrogens (tertiary/aromatic N) is 3. The predicted octanol–water partition coefficient (Wildman–Crippen LogP) is 3.00. The van der Waals surface area contributed by atoms with E-state index in [0.717, 1.165) is 24.2 Å². The summed E-state index contributed by atoms with van der Waals surface area (Å²) in [4.78, 5) is 35.0. The average molecular weight is 479 g/mol. The molecule has 0 bridgehead atoms. The highest BCUT2D eigenvalue weighted by Crippen LogP contribution is 2.37. The molecular formula is C25H26N4O4S. The number of amides is 2. The van der Waals surface area contributed by atoms with Gasteiger partial charge in [-0.2, -0.15) is 0 Å². The summed E-state index contributed by atoms with van der Waals surface area (Å²) in [7, 11) is -3.85. The number of hydrogen-bond acceptors (Lipinski definition) is 6. The van der Waals surface area contributed by atoms with E-state index in [4.69, 9.17) is 0 Å². The highest BCUT2D eigenvalue weighted by molar-refractivity contribution is 7.93. The Hall–Kier alpha value is -3.59. The summed E-state index contributed by atoms with van der Waals surface area (Å²) >= 11 is 0. The molecule has 1 aromatic carbocycles. The maximum absolute atomic E-state index is 12.9. The van der Waals surface area contributed by atoms with E-state index in [-0.39, 0.29) is 23.1 Å². The molecule has 1 atom stereocenters. The van der Waals surface area contributed by atoms with E-state index in [2.05, 4.69) is 27.4 Å². The summed E-state index contributed by atoms with van der Waals surface area (Å²) < 4.78 is 25.8. The molecule has 34 heavy (non-hydrogen) atoms. The lowest BCUT2D eigenvalue weighted by Crippen LogP contribution is -2.32. The van der Waals surface area contributed by atoms with E-state index in [1.165, 1.54) is 23.9 Å². The van der Waals surface area contributed by atoms with Crippen LogP contribution in [0.15, 0.2) is 66.9 Å². The number of hydrogen-bond donors (Lipinski definition) is 1. The number of carbonyl (C=O) groups excluding carboxylic acids is 2. The van der Waals surface area contributed by atoms with Crippen molar-refractivity contribution in [2.45, 2.75) is 31.6 Å². The molecule has 1 fully saturated rings. The molecular weight excluding hydrogens is 452 g/mol. The van der Waals surface area contributed by atoms with Crippen molar-refractivity contribution in [2.24, 2.45) is 0 Å². The lowest BCUT2D eigenvalue weighted by Gasteiger charge is -2.23. The molecule has 176 valence electrons. The first-order chi connectivity index (χ1) is 16.4. The third kappa shape index (κ3) is 5.14. The van der Waals surface area contributed by atoms with Crippen LogP contribution in [-0.2, 0) is 21.1 Å². The van der Waals surface area contributed by atoms with Crippen molar-refractivity contribution in [2.75, 3.05) is 17.2 Å². The Labute approximate surface area is 199 Å². The maximum Gasteiger partial charge on any atom is 0.269 e. The summed E-state index contributed by atoms with van der Waals surface area (Å²) in [6.45, 7) is 2.24. The standard InChI is InChI=1S/C25H26N4O4S/c1-18-9-8-16-26-23(18)29-22(30)17-34(32,33)25(29)21-14-7-13-20(28-21)24(31)27-15-6-5-12-19-10-3-2-4-11-19/h2-4,7-11,13-14,16,25H,5-6,12,15,17H2,1H3,(H,27,31). The summed E-state index contributed by atoms with van der Waals surface area (Å²) in [6, 6.07) is 18.2. The van der Waals surface area contributed by atoms with Gasteiger partial charge in [-0.05, 0) is 55.5 Å². The largest absolute Gasteiger partial charge is 0.351 e. The van der Waals surface area contributed by atoms with E-state index in [0.29, 0.717) is 12.1 Å². The third-order valence-corrected chi connectivity index (χ3v) is 7.44. The molecule has 1 saturated heterocycles. The number of pyridine rings is 2. The number of carbonyl (C=O) groups is 2. The van der Waals surface area contributed by atoms with Gasteiger partial charge >= 0.3 is 0 Å². The van der Waals surface area contributed by atoms with Crippen molar-refractivity contribution in [3.63, 3.8) is 0 Å². The van der Waals surface area contributed by atoms with Crippen LogP contribution in [-0.4, -0.2) is 42.5 Å². The Kier molecular flexibility index (Phi) is 7.02. The molecule has 0 radical (unpaired) electrons. The van der Waals surface area contributed by atoms with E-state index >= 15 is 0 Å². The molecule has 0 spiro atoms. The van der Waals surface area contributed by atoms with Crippen LogP contribution in [0.5, 0.6) is 0 Å². The summed E-state index contributed by atoms with van der Waals surface area (Å²) in [5.74, 6) is -1.31. The predicted molar refractivity (Wildman–Crippen MR) is 129 cm³/mol. The highest BCUT2D eigenvalue weighted by Gasteiger charge is 2.47. The van der Waals surface area contributed by atoms with Crippen LogP contribution in [0.2, 0.25) is 0 Å². The molecule has 0 saturated carbocycles. The SMILES string of the molecule is Cc1cccnc1N1C(=O)CS(=O)(=O)C1c1cccc(C(=O)NCCCCc2ccccc2)n1. The number of anilines is 1. The minimum Gasteiger partial charge on any atom is -0.351 e. The number of aryl methyl sites for hydroxylation is 2. The van der Waals surface area contributed by atoms with Crippen molar-refractivity contribution in [3.8, 4) is 0 Å². The molecule has 1 aliphatic heterocycles. The van der Waals surface area contributed by atoms with Gasteiger partial charge in [-0.1, -0.05) is 42.5 Å². The normalized spacial score (nSPS) is 17.0. The molecule has 2 aromatic heterocycles. The van der Waals surface area contributed by atoms with Gasteiger partial charge in [-0.3, -0.25) is 14.5 Å². The van der Waals surface area contributed by atoms with Crippen molar-refractivity contribution < 1.29 is 18.0 Å². The molecule has 3 aromatic rings. The Morgan fingerprint density at radius 1 is 1.06 bits per heavy atom. The number of sulfone groups is 1. The van der Waals surface area contributed by atoms with Crippen LogP contribution in [0.25, 0.3) is 0 Å². The minimum atomic E-state index is -3.85. The highest BCUT2D eigenvalue weighted by atomic mass is 32.2. The van der Waals surface area contributed by atoms with Gasteiger partial charge in [-0.15, -0.1) is 0 Å². The monoisotopic (exact) mass is 478 g/mol. The number of rotatable bonds is 8. The fourth-order valence-corrected chi connectivity index (χ4v) is 5.67. The summed E-state index contributed by atoms with van der Waals surface area (Å²) in [6.07, 6.45) is 4.17. The molecule has 9 heteroatoms. The van der Waals surface area contributed by atoms with Crippen molar-refractivity contribution in [1.29, 1.82) is 0 Å². The number of nitrogens with one attached hydrogen (secondary N) is 1. The zero-order valence-corrected chi connectivity index (χ0v) is 19.7. The first kappa shape index (κ1) is 23.6. The zero-order valence-electron chi connectivity index (χ0n) is 18.8. The van der Waals surface area contributed by atoms with E-state index in [1.807, 2.05) is 18.2 Å². The van der Waals surface area contributed by atoms with Gasteiger partial charge in [0.25, 0.3) is 5.91 Å². The molecule has 1 N–H and O–H groups in total. The lowest BCUT2D eigenvalue weighted by molar-refractivity contribution is -0.115. The molecule has 1 aliphatic rings. The van der Waals surface area contributed by atoms with E-state index in [9.17, 15) is 18.0 Å². The zero-order chi connectivity index (χ0) is 24.1. The second-order valence-electron chi connectivity index (χ2n) is 8.21. The van der Waals surface area contributed by atoms with E-state index < -0.39 is 26.9 Å². The van der Waals surface area contributed by atoms with Crippen LogP contribution in [0.4, 0.5) is 5.82 Å². The topological polar surface area (TPSA) is 109 Å². The molecule has 4 rings (SSSR count). The molecule has 3 heterocycles. The van der Waals surface area contributed by atoms with Crippen LogP contribution >= 0.6 is 0 Å². The first-order valence-electron chi connectivity index (χ1n) is 11.1. The van der Waals surface area contributed by atoms with Crippen LogP contribution in [0.3, 0.4) is 0 Å². The Morgan fingerprint density at radius 3 is 2.62 bits per heavy atom. The lowest BCUT2D eigenvalue weighted by atomic mass is 10.1. The van der Waals surface area contributed by atoms with Crippen molar-refractivity contribution in [3.05, 3.63) is 89.4 Å². The maximum atomic E-state index is 12.9. The summed E-state index contributed by atoms with van der Waals surface area (Å²) in [5, 5.41) is 1.51. The van der Waals surface area contributed by atoms with Gasteiger partial charge in [0.2, 0.25) is 5.91 Å². The Bertz CT molecular complexity index is 1300. The van der Waals surface area contributed by atoms with Gasteiger partial charge in [0.1, 0.15) is 17.3 Å². The average Bonchev–Trinajstić information content (AvgIpc) is 3.07. The number of aromatic nitrogens is 2. The number of benzene rings is 1. The second-order valence-corrected chi connectivity index (χ2v) is 10.3. The number of unbranched alkanes of at least 4 members (excludes halogenated alkanes) is 1. The summed E-state index contributed by atoms with van der Waals surface area (Å²) in [5.41, 5.74) is 2.14. The Balaban J connectivity index is 1.46. The quantitative estimate of drug-likeness (QED) is 0.499. The van der Waals surface area contributed by atoms with Gasteiger partial charge in [0.15, 0.2) is 15.2 Å².